The first-order chi connectivity index (χ1) is 31.1. The van der Waals surface area contributed by atoms with Crippen molar-refractivity contribution < 1.29 is 28.7 Å². The fourth-order valence-corrected chi connectivity index (χ4v) is 11.2. The standard InChI is InChI=1S/C57H78N4O6/c1-32-27-38(54(5,6)7)48(39(28-32)55(8,9)10)66-52(64)46-44(36-23-19-17-20-24-36)42(60-50(46)58-34(3)62)31-43-45(37-25-21-18-22-26-37)47(51(61-43)59-35(4)63)53(65)67-49-40(56(11,12)13)29-33(2)30-41(49)57(14,15)16/h17-26,31-33,38-41,48-49,60H,27-30H2,1-16H3,(H,58,62)(H,59,61,63). The topological polar surface area (TPSA) is 139 Å². The Labute approximate surface area is 400 Å². The van der Waals surface area contributed by atoms with Crippen molar-refractivity contribution in [1.29, 1.82) is 0 Å². The minimum absolute atomic E-state index is 0.0777. The van der Waals surface area contributed by atoms with Gasteiger partial charge in [-0.05, 0) is 76.4 Å². The molecule has 2 aromatic carbocycles. The van der Waals surface area contributed by atoms with Gasteiger partial charge in [-0.1, -0.05) is 158 Å². The number of aromatic amines is 1. The van der Waals surface area contributed by atoms with Gasteiger partial charge in [0.2, 0.25) is 11.8 Å². The third-order valence-electron chi connectivity index (χ3n) is 14.6. The molecule has 2 heterocycles. The van der Waals surface area contributed by atoms with Crippen molar-refractivity contribution >= 4 is 47.1 Å². The molecule has 1 aliphatic heterocycles. The highest BCUT2D eigenvalue weighted by atomic mass is 16.5. The molecule has 2 saturated carbocycles. The molecule has 2 amide bonds. The Kier molecular flexibility index (Phi) is 14.8. The molecular weight excluding hydrogens is 837 g/mol. The number of hydrogen-bond donors (Lipinski definition) is 3. The maximum atomic E-state index is 15.2. The highest BCUT2D eigenvalue weighted by Crippen LogP contribution is 2.52. The highest BCUT2D eigenvalue weighted by molar-refractivity contribution is 6.31. The van der Waals surface area contributed by atoms with Gasteiger partial charge in [0, 0.05) is 48.7 Å². The summed E-state index contributed by atoms with van der Waals surface area (Å²) in [6.07, 6.45) is 4.67. The summed E-state index contributed by atoms with van der Waals surface area (Å²) in [5, 5.41) is 5.79. The van der Waals surface area contributed by atoms with Crippen LogP contribution >= 0.6 is 0 Å². The molecule has 1 aromatic heterocycles. The smallest absolute Gasteiger partial charge is 0.342 e. The van der Waals surface area contributed by atoms with Gasteiger partial charge in [-0.3, -0.25) is 9.59 Å². The van der Waals surface area contributed by atoms with Gasteiger partial charge in [0.15, 0.2) is 0 Å². The number of aliphatic imine (C=N–C) groups is 1. The third kappa shape index (κ3) is 11.5. The lowest BCUT2D eigenvalue weighted by molar-refractivity contribution is -0.164. The van der Waals surface area contributed by atoms with E-state index < -0.39 is 30.1 Å². The van der Waals surface area contributed by atoms with E-state index in [2.05, 4.69) is 113 Å². The third-order valence-corrected chi connectivity index (χ3v) is 14.6. The molecule has 2 aliphatic carbocycles. The number of benzene rings is 2. The summed E-state index contributed by atoms with van der Waals surface area (Å²) < 4.78 is 13.7. The lowest BCUT2D eigenvalue weighted by Crippen LogP contribution is -2.50. The molecule has 0 saturated heterocycles. The molecule has 0 radical (unpaired) electrons. The van der Waals surface area contributed by atoms with Gasteiger partial charge in [-0.2, -0.15) is 0 Å². The van der Waals surface area contributed by atoms with E-state index in [1.54, 1.807) is 6.08 Å². The van der Waals surface area contributed by atoms with Gasteiger partial charge in [0.1, 0.15) is 35.0 Å². The van der Waals surface area contributed by atoms with Crippen LogP contribution in [-0.4, -0.2) is 46.8 Å². The van der Waals surface area contributed by atoms with Gasteiger partial charge >= 0.3 is 11.9 Å². The maximum Gasteiger partial charge on any atom is 0.342 e. The predicted octanol–water partition coefficient (Wildman–Crippen LogP) is 12.9. The van der Waals surface area contributed by atoms with E-state index in [4.69, 9.17) is 14.5 Å². The molecular formula is C57H78N4O6. The maximum absolute atomic E-state index is 15.2. The molecule has 6 rings (SSSR count). The molecule has 0 bridgehead atoms. The van der Waals surface area contributed by atoms with Crippen LogP contribution in [0.15, 0.2) is 76.9 Å². The van der Waals surface area contributed by atoms with E-state index in [-0.39, 0.29) is 74.0 Å². The molecule has 10 nitrogen and oxygen atoms in total. The van der Waals surface area contributed by atoms with Gasteiger partial charge < -0.3 is 25.1 Å². The largest absolute Gasteiger partial charge is 0.458 e. The molecule has 10 heteroatoms. The average molecular weight is 915 g/mol. The number of ether oxygens (including phenoxy) is 2. The van der Waals surface area contributed by atoms with Gasteiger partial charge in [0.05, 0.1) is 11.4 Å². The number of nitrogens with one attached hydrogen (secondary N) is 3. The first kappa shape index (κ1) is 51.1. The van der Waals surface area contributed by atoms with Crippen molar-refractivity contribution in [2.45, 2.75) is 149 Å². The SMILES string of the molecule is CC(=O)NC1=NC(=Cc2[nH]c(NC(C)=O)c(C(=O)OC3C(C(C)(C)C)CC(C)CC3C(C)(C)C)c2-c2ccccc2)C(c2ccccc2)=C1C(=O)OC1C(C(C)(C)C)CC(C)CC1C(C)(C)C. The Bertz CT molecular complexity index is 2370. The van der Waals surface area contributed by atoms with Crippen LogP contribution in [-0.2, 0) is 23.9 Å². The number of aromatic nitrogens is 1. The van der Waals surface area contributed by atoms with Crippen LogP contribution in [0.4, 0.5) is 5.82 Å². The van der Waals surface area contributed by atoms with Crippen LogP contribution in [0.2, 0.25) is 0 Å². The lowest BCUT2D eigenvalue weighted by Gasteiger charge is -2.50. The number of carbonyl (C=O) groups excluding carboxylic acids is 4. The quantitative estimate of drug-likeness (QED) is 0.192. The molecule has 4 atom stereocenters. The minimum Gasteiger partial charge on any atom is -0.458 e. The van der Waals surface area contributed by atoms with Crippen molar-refractivity contribution in [3.05, 3.63) is 88.8 Å². The van der Waals surface area contributed by atoms with Gasteiger partial charge in [-0.25, -0.2) is 14.6 Å². The van der Waals surface area contributed by atoms with Crippen molar-refractivity contribution in [3.63, 3.8) is 0 Å². The summed E-state index contributed by atoms with van der Waals surface area (Å²) in [4.78, 5) is 64.9. The van der Waals surface area contributed by atoms with Crippen LogP contribution in [0.3, 0.4) is 0 Å². The number of anilines is 1. The number of amides is 2. The Morgan fingerprint density at radius 2 is 1.00 bits per heavy atom. The molecule has 67 heavy (non-hydrogen) atoms. The summed E-state index contributed by atoms with van der Waals surface area (Å²) >= 11 is 0. The van der Waals surface area contributed by atoms with Crippen molar-refractivity contribution in [2.24, 2.45) is 62.2 Å². The Hall–Kier alpha value is -5.25. The second-order valence-electron chi connectivity index (χ2n) is 24.3. The normalized spacial score (nSPS) is 25.7. The minimum atomic E-state index is -0.570. The molecule has 3 N–H and O–H groups in total. The number of rotatable bonds is 8. The number of nitrogens with zero attached hydrogens (tertiary/aromatic N) is 1. The molecule has 4 unspecified atom stereocenters. The first-order valence-electron chi connectivity index (χ1n) is 24.5. The van der Waals surface area contributed by atoms with Crippen molar-refractivity contribution in [2.75, 3.05) is 5.32 Å². The molecule has 362 valence electrons. The van der Waals surface area contributed by atoms with E-state index >= 15 is 9.59 Å². The monoisotopic (exact) mass is 915 g/mol. The van der Waals surface area contributed by atoms with E-state index in [9.17, 15) is 9.59 Å². The molecule has 3 aliphatic rings. The summed E-state index contributed by atoms with van der Waals surface area (Å²) in [6, 6.07) is 19.0. The van der Waals surface area contributed by atoms with E-state index in [1.165, 1.54) is 13.8 Å². The highest BCUT2D eigenvalue weighted by Gasteiger charge is 2.50. The number of amidine groups is 1. The fourth-order valence-electron chi connectivity index (χ4n) is 11.2. The Balaban J connectivity index is 1.58. The second kappa shape index (κ2) is 19.4. The van der Waals surface area contributed by atoms with Crippen LogP contribution < -0.4 is 10.6 Å². The lowest BCUT2D eigenvalue weighted by atomic mass is 9.59. The van der Waals surface area contributed by atoms with Crippen LogP contribution in [0.5, 0.6) is 0 Å². The zero-order valence-electron chi connectivity index (χ0n) is 43.2. The second-order valence-corrected chi connectivity index (χ2v) is 24.3. The summed E-state index contributed by atoms with van der Waals surface area (Å²) in [5.74, 6) is -0.387. The summed E-state index contributed by atoms with van der Waals surface area (Å²) in [5.41, 5.74) is 2.88. The van der Waals surface area contributed by atoms with E-state index in [0.717, 1.165) is 25.7 Å². The average Bonchev–Trinajstić information content (AvgIpc) is 3.74. The van der Waals surface area contributed by atoms with Crippen molar-refractivity contribution in [1.82, 2.24) is 10.3 Å². The van der Waals surface area contributed by atoms with Crippen molar-refractivity contribution in [3.8, 4) is 11.1 Å². The number of H-pyrrole nitrogens is 1. The fraction of sp³-hybridized carbons (Fsp3) is 0.561. The number of carbonyl (C=O) groups is 4. The van der Waals surface area contributed by atoms with Crippen LogP contribution in [0, 0.1) is 57.2 Å². The molecule has 0 spiro atoms. The number of esters is 2. The molecule has 3 aromatic rings. The zero-order valence-corrected chi connectivity index (χ0v) is 43.2. The van der Waals surface area contributed by atoms with E-state index in [0.29, 0.717) is 45.5 Å². The van der Waals surface area contributed by atoms with Crippen LogP contribution in [0.25, 0.3) is 22.8 Å². The summed E-state index contributed by atoms with van der Waals surface area (Å²) in [7, 11) is 0. The Morgan fingerprint density at radius 1 is 0.597 bits per heavy atom. The van der Waals surface area contributed by atoms with E-state index in [1.807, 2.05) is 60.7 Å². The number of hydrogen-bond acceptors (Lipinski definition) is 7. The molecule has 2 fully saturated rings. The first-order valence-corrected chi connectivity index (χ1v) is 24.5. The summed E-state index contributed by atoms with van der Waals surface area (Å²) in [6.45, 7) is 34.0. The predicted molar refractivity (Wildman–Crippen MR) is 271 cm³/mol. The Morgan fingerprint density at radius 3 is 1.40 bits per heavy atom. The number of allylic oxidation sites excluding steroid dienone is 1. The van der Waals surface area contributed by atoms with Gasteiger partial charge in [-0.15, -0.1) is 0 Å². The zero-order chi connectivity index (χ0) is 49.6. The van der Waals surface area contributed by atoms with Gasteiger partial charge in [0.25, 0.3) is 0 Å². The van der Waals surface area contributed by atoms with Crippen LogP contribution in [0.1, 0.15) is 158 Å².